The van der Waals surface area contributed by atoms with Crippen LogP contribution in [0.5, 0.6) is 0 Å². The van der Waals surface area contributed by atoms with Crippen LogP contribution in [0.2, 0.25) is 0 Å². The maximum Gasteiger partial charge on any atom is 0.407 e. The van der Waals surface area contributed by atoms with Gasteiger partial charge in [-0.15, -0.1) is 0 Å². The molecule has 0 bridgehead atoms. The summed E-state index contributed by atoms with van der Waals surface area (Å²) in [6, 6.07) is 0.940. The first-order valence-electron chi connectivity index (χ1n) is 8.13. The van der Waals surface area contributed by atoms with Gasteiger partial charge in [0, 0.05) is 25.2 Å². The number of methoxy groups -OCH3 is 1. The predicted octanol–water partition coefficient (Wildman–Crippen LogP) is 2.88. The van der Waals surface area contributed by atoms with Gasteiger partial charge < -0.3 is 10.1 Å². The summed E-state index contributed by atoms with van der Waals surface area (Å²) in [5, 5.41) is 3.02. The molecule has 1 saturated carbocycles. The Hall–Kier alpha value is -0.770. The highest BCUT2D eigenvalue weighted by atomic mass is 16.5. The van der Waals surface area contributed by atoms with Gasteiger partial charge >= 0.3 is 6.09 Å². The summed E-state index contributed by atoms with van der Waals surface area (Å²) in [5.41, 5.74) is 0. The first-order chi connectivity index (χ1) is 9.55. The van der Waals surface area contributed by atoms with Crippen molar-refractivity contribution in [2.24, 2.45) is 17.8 Å². The van der Waals surface area contributed by atoms with E-state index in [4.69, 9.17) is 4.74 Å². The van der Waals surface area contributed by atoms with E-state index in [1.165, 1.54) is 32.9 Å². The van der Waals surface area contributed by atoms with Gasteiger partial charge in [-0.05, 0) is 43.4 Å². The van der Waals surface area contributed by atoms with Gasteiger partial charge in [-0.25, -0.2) is 4.79 Å². The van der Waals surface area contributed by atoms with Crippen molar-refractivity contribution >= 4 is 6.09 Å². The van der Waals surface area contributed by atoms with Crippen molar-refractivity contribution in [1.82, 2.24) is 10.2 Å². The summed E-state index contributed by atoms with van der Waals surface area (Å²) in [6.45, 7) is 9.05. The fourth-order valence-corrected chi connectivity index (χ4v) is 3.63. The van der Waals surface area contributed by atoms with Crippen molar-refractivity contribution in [2.75, 3.05) is 20.2 Å². The molecule has 0 radical (unpaired) electrons. The van der Waals surface area contributed by atoms with E-state index in [0.29, 0.717) is 17.9 Å². The second kappa shape index (κ2) is 6.79. The Morgan fingerprint density at radius 3 is 2.50 bits per heavy atom. The van der Waals surface area contributed by atoms with Crippen molar-refractivity contribution in [1.29, 1.82) is 0 Å². The molecule has 1 aliphatic carbocycles. The standard InChI is InChI=1S/C16H30N2O2/c1-5-15(12-6-7-12)18-9-13(11(2)3)8-14(10-18)17-16(19)20-4/h11-15H,5-10H2,1-4H3,(H,17,19). The molecule has 0 aromatic rings. The number of nitrogens with one attached hydrogen (secondary N) is 1. The molecular formula is C16H30N2O2. The molecule has 0 aromatic heterocycles. The van der Waals surface area contributed by atoms with Gasteiger partial charge in [0.15, 0.2) is 0 Å². The first-order valence-corrected chi connectivity index (χ1v) is 8.13. The molecule has 2 fully saturated rings. The third-order valence-electron chi connectivity index (χ3n) is 5.01. The summed E-state index contributed by atoms with van der Waals surface area (Å²) in [4.78, 5) is 14.1. The fraction of sp³-hybridized carbons (Fsp3) is 0.938. The van der Waals surface area contributed by atoms with Crippen molar-refractivity contribution in [2.45, 2.75) is 58.5 Å². The van der Waals surface area contributed by atoms with Crippen LogP contribution in [0.4, 0.5) is 4.79 Å². The lowest BCUT2D eigenvalue weighted by Gasteiger charge is -2.43. The van der Waals surface area contributed by atoms with E-state index in [2.05, 4.69) is 31.0 Å². The number of carbonyl (C=O) groups is 1. The number of carbonyl (C=O) groups excluding carboxylic acids is 1. The van der Waals surface area contributed by atoms with Crippen LogP contribution in [0.15, 0.2) is 0 Å². The topological polar surface area (TPSA) is 41.6 Å². The summed E-state index contributed by atoms with van der Waals surface area (Å²) in [5.74, 6) is 2.22. The molecule has 1 heterocycles. The lowest BCUT2D eigenvalue weighted by atomic mass is 9.84. The molecule has 2 aliphatic rings. The SMILES string of the molecule is CCC(C1CC1)N1CC(NC(=O)OC)CC(C(C)C)C1. The molecule has 2 rings (SSSR count). The van der Waals surface area contributed by atoms with Crippen LogP contribution < -0.4 is 5.32 Å². The molecule has 3 atom stereocenters. The number of likely N-dealkylation sites (tertiary alicyclic amines) is 1. The summed E-state index contributed by atoms with van der Waals surface area (Å²) >= 11 is 0. The van der Waals surface area contributed by atoms with Gasteiger partial charge in [-0.3, -0.25) is 4.90 Å². The molecule has 4 heteroatoms. The lowest BCUT2D eigenvalue weighted by molar-refractivity contribution is 0.0650. The minimum Gasteiger partial charge on any atom is -0.453 e. The molecule has 0 spiro atoms. The number of nitrogens with zero attached hydrogens (tertiary/aromatic N) is 1. The molecule has 1 N–H and O–H groups in total. The fourth-order valence-electron chi connectivity index (χ4n) is 3.63. The summed E-state index contributed by atoms with van der Waals surface area (Å²) < 4.78 is 4.76. The number of hydrogen-bond donors (Lipinski definition) is 1. The third kappa shape index (κ3) is 3.87. The molecule has 1 amide bonds. The molecule has 116 valence electrons. The van der Waals surface area contributed by atoms with E-state index in [9.17, 15) is 4.79 Å². The maximum absolute atomic E-state index is 11.5. The third-order valence-corrected chi connectivity index (χ3v) is 5.01. The lowest BCUT2D eigenvalue weighted by Crippen LogP contribution is -2.55. The maximum atomic E-state index is 11.5. The van der Waals surface area contributed by atoms with Gasteiger partial charge in [-0.2, -0.15) is 0 Å². The van der Waals surface area contributed by atoms with Gasteiger partial charge in [0.25, 0.3) is 0 Å². The highest BCUT2D eigenvalue weighted by Crippen LogP contribution is 2.39. The molecular weight excluding hydrogens is 252 g/mol. The number of ether oxygens (including phenoxy) is 1. The van der Waals surface area contributed by atoms with Gasteiger partial charge in [0.05, 0.1) is 7.11 Å². The van der Waals surface area contributed by atoms with Crippen molar-refractivity contribution < 1.29 is 9.53 Å². The Kier molecular flexibility index (Phi) is 5.30. The van der Waals surface area contributed by atoms with Gasteiger partial charge in [0.2, 0.25) is 0 Å². The van der Waals surface area contributed by atoms with Crippen molar-refractivity contribution in [3.8, 4) is 0 Å². The highest BCUT2D eigenvalue weighted by molar-refractivity contribution is 5.67. The number of alkyl carbamates (subject to hydrolysis) is 1. The average molecular weight is 282 g/mol. The largest absolute Gasteiger partial charge is 0.453 e. The zero-order valence-corrected chi connectivity index (χ0v) is 13.4. The van der Waals surface area contributed by atoms with Crippen LogP contribution in [0, 0.1) is 17.8 Å². The first kappa shape index (κ1) is 15.6. The molecule has 4 nitrogen and oxygen atoms in total. The zero-order chi connectivity index (χ0) is 14.7. The van der Waals surface area contributed by atoms with Crippen molar-refractivity contribution in [3.63, 3.8) is 0 Å². The smallest absolute Gasteiger partial charge is 0.407 e. The normalized spacial score (nSPS) is 29.2. The molecule has 0 aromatic carbocycles. The molecule has 1 saturated heterocycles. The minimum atomic E-state index is -0.293. The Morgan fingerprint density at radius 2 is 2.00 bits per heavy atom. The van der Waals surface area contributed by atoms with E-state index in [0.717, 1.165) is 18.9 Å². The van der Waals surface area contributed by atoms with Gasteiger partial charge in [-0.1, -0.05) is 20.8 Å². The van der Waals surface area contributed by atoms with Crippen LogP contribution in [0.3, 0.4) is 0 Å². The zero-order valence-electron chi connectivity index (χ0n) is 13.4. The van der Waals surface area contributed by atoms with E-state index in [1.807, 2.05) is 0 Å². The predicted molar refractivity (Wildman–Crippen MR) is 80.6 cm³/mol. The Labute approximate surface area is 123 Å². The number of amides is 1. The molecule has 3 unspecified atom stereocenters. The van der Waals surface area contributed by atoms with Crippen molar-refractivity contribution in [3.05, 3.63) is 0 Å². The summed E-state index contributed by atoms with van der Waals surface area (Å²) in [7, 11) is 1.44. The van der Waals surface area contributed by atoms with Crippen LogP contribution in [0.1, 0.15) is 46.5 Å². The quantitative estimate of drug-likeness (QED) is 0.843. The van der Waals surface area contributed by atoms with E-state index in [-0.39, 0.29) is 12.1 Å². The van der Waals surface area contributed by atoms with Gasteiger partial charge in [0.1, 0.15) is 0 Å². The number of rotatable bonds is 5. The van der Waals surface area contributed by atoms with E-state index < -0.39 is 0 Å². The number of hydrogen-bond acceptors (Lipinski definition) is 3. The van der Waals surface area contributed by atoms with E-state index >= 15 is 0 Å². The Balaban J connectivity index is 2.01. The molecule has 1 aliphatic heterocycles. The van der Waals surface area contributed by atoms with Crippen LogP contribution in [0.25, 0.3) is 0 Å². The summed E-state index contributed by atoms with van der Waals surface area (Å²) in [6.07, 6.45) is 4.77. The monoisotopic (exact) mass is 282 g/mol. The Bertz CT molecular complexity index is 328. The Morgan fingerprint density at radius 1 is 1.30 bits per heavy atom. The second-order valence-corrected chi connectivity index (χ2v) is 6.84. The minimum absolute atomic E-state index is 0.233. The second-order valence-electron chi connectivity index (χ2n) is 6.84. The van der Waals surface area contributed by atoms with Crippen LogP contribution >= 0.6 is 0 Å². The molecule has 20 heavy (non-hydrogen) atoms. The van der Waals surface area contributed by atoms with Crippen LogP contribution in [-0.4, -0.2) is 43.3 Å². The van der Waals surface area contributed by atoms with Crippen LogP contribution in [-0.2, 0) is 4.74 Å². The average Bonchev–Trinajstić information content (AvgIpc) is 3.23. The highest BCUT2D eigenvalue weighted by Gasteiger charge is 2.39. The van der Waals surface area contributed by atoms with E-state index in [1.54, 1.807) is 0 Å². The number of piperidine rings is 1.